The molecule has 3 aromatic rings. The molecule has 0 saturated heterocycles. The highest BCUT2D eigenvalue weighted by molar-refractivity contribution is 5.82. The van der Waals surface area contributed by atoms with Crippen molar-refractivity contribution in [2.24, 2.45) is 0 Å². The maximum absolute atomic E-state index is 11.7. The summed E-state index contributed by atoms with van der Waals surface area (Å²) in [5, 5.41) is 0. The number of esters is 2. The molecule has 0 N–H and O–H groups in total. The van der Waals surface area contributed by atoms with Crippen molar-refractivity contribution < 1.29 is 19.1 Å². The first-order valence-corrected chi connectivity index (χ1v) is 14.9. The van der Waals surface area contributed by atoms with Crippen LogP contribution >= 0.6 is 0 Å². The smallest absolute Gasteiger partial charge is 0.330 e. The number of ether oxygens (including phenoxy) is 2. The van der Waals surface area contributed by atoms with Gasteiger partial charge in [-0.05, 0) is 112 Å². The van der Waals surface area contributed by atoms with Crippen LogP contribution in [0.25, 0.3) is 0 Å². The van der Waals surface area contributed by atoms with Crippen molar-refractivity contribution >= 4 is 29.0 Å². The van der Waals surface area contributed by atoms with Crippen molar-refractivity contribution in [3.8, 4) is 0 Å². The first kappa shape index (κ1) is 32.9. The minimum Gasteiger partial charge on any atom is -0.463 e. The van der Waals surface area contributed by atoms with Crippen LogP contribution in [-0.4, -0.2) is 25.2 Å². The average molecular weight is 578 g/mol. The molecule has 0 atom stereocenters. The summed E-state index contributed by atoms with van der Waals surface area (Å²) in [7, 11) is 0. The van der Waals surface area contributed by atoms with Gasteiger partial charge in [-0.2, -0.15) is 0 Å². The number of allylic oxidation sites excluding steroid dienone is 6. The highest BCUT2D eigenvalue weighted by Crippen LogP contribution is 2.35. The van der Waals surface area contributed by atoms with E-state index in [9.17, 15) is 9.59 Å². The lowest BCUT2D eigenvalue weighted by molar-refractivity contribution is -0.138. The average Bonchev–Trinajstić information content (AvgIpc) is 3.01. The zero-order chi connectivity index (χ0) is 30.9. The third-order valence-corrected chi connectivity index (χ3v) is 6.92. The molecule has 0 aliphatic rings. The van der Waals surface area contributed by atoms with E-state index in [2.05, 4.69) is 85.5 Å². The van der Waals surface area contributed by atoms with E-state index in [4.69, 9.17) is 9.47 Å². The number of carbonyl (C=O) groups excluding carboxylic acids is 2. The van der Waals surface area contributed by atoms with Crippen LogP contribution in [0.1, 0.15) is 48.9 Å². The predicted octanol–water partition coefficient (Wildman–Crippen LogP) is 8.99. The second-order valence-electron chi connectivity index (χ2n) is 10.2. The molecule has 0 fully saturated rings. The van der Waals surface area contributed by atoms with Crippen LogP contribution < -0.4 is 4.90 Å². The lowest BCUT2D eigenvalue weighted by Crippen LogP contribution is -2.10. The van der Waals surface area contributed by atoms with E-state index in [0.29, 0.717) is 13.2 Å². The van der Waals surface area contributed by atoms with Gasteiger partial charge < -0.3 is 14.4 Å². The van der Waals surface area contributed by atoms with Gasteiger partial charge in [-0.1, -0.05) is 66.8 Å². The highest BCUT2D eigenvalue weighted by Gasteiger charge is 2.13. The Bertz CT molecular complexity index is 1340. The first-order valence-electron chi connectivity index (χ1n) is 14.9. The number of aryl methyl sites for hydroxylation is 4. The quantitative estimate of drug-likeness (QED) is 0.0781. The maximum Gasteiger partial charge on any atom is 0.330 e. The fraction of sp³-hybridized carbons (Fsp3) is 0.263. The van der Waals surface area contributed by atoms with Gasteiger partial charge in [-0.3, -0.25) is 0 Å². The molecular weight excluding hydrogens is 534 g/mol. The molecule has 0 aliphatic heterocycles. The van der Waals surface area contributed by atoms with Crippen LogP contribution in [0, 0.1) is 13.8 Å². The van der Waals surface area contributed by atoms with Gasteiger partial charge in [0.15, 0.2) is 0 Å². The Kier molecular flexibility index (Phi) is 13.8. The fourth-order valence-corrected chi connectivity index (χ4v) is 4.42. The Morgan fingerprint density at radius 2 is 1.05 bits per heavy atom. The number of carbonyl (C=O) groups is 2. The third-order valence-electron chi connectivity index (χ3n) is 6.92. The monoisotopic (exact) mass is 577 g/mol. The molecule has 0 unspecified atom stereocenters. The van der Waals surface area contributed by atoms with Gasteiger partial charge in [0.05, 0.1) is 13.2 Å². The summed E-state index contributed by atoms with van der Waals surface area (Å²) in [6.07, 6.45) is 16.7. The summed E-state index contributed by atoms with van der Waals surface area (Å²) in [4.78, 5) is 25.8. The summed E-state index contributed by atoms with van der Waals surface area (Å²) in [6, 6.07) is 23.7. The van der Waals surface area contributed by atoms with Crippen LogP contribution in [0.3, 0.4) is 0 Å². The van der Waals surface area contributed by atoms with Crippen LogP contribution in [0.2, 0.25) is 0 Å². The van der Waals surface area contributed by atoms with E-state index in [1.807, 2.05) is 26.0 Å². The third kappa shape index (κ3) is 11.3. The van der Waals surface area contributed by atoms with Crippen molar-refractivity contribution in [2.75, 3.05) is 18.1 Å². The van der Waals surface area contributed by atoms with Crippen LogP contribution in [-0.2, 0) is 31.9 Å². The van der Waals surface area contributed by atoms with E-state index in [0.717, 1.165) is 42.7 Å². The second-order valence-corrected chi connectivity index (χ2v) is 10.2. The molecule has 0 radical (unpaired) electrons. The molecule has 0 aromatic heterocycles. The molecule has 43 heavy (non-hydrogen) atoms. The largest absolute Gasteiger partial charge is 0.463 e. The lowest BCUT2D eigenvalue weighted by atomic mass is 10.1. The number of hydrogen-bond donors (Lipinski definition) is 0. The summed E-state index contributed by atoms with van der Waals surface area (Å²) in [6.45, 7) is 8.83. The van der Waals surface area contributed by atoms with Gasteiger partial charge in [0, 0.05) is 29.2 Å². The standard InChI is InChI=1S/C38H43NO4/c1-5-7-9-15-37(40)42-27-11-13-32-18-23-34(24-19-32)39(36-22-17-30(3)31(4)29-36)35-25-20-33(21-26-35)14-12-28-43-38(41)16-10-8-6-2/h5-10,15-26,29H,11-14,27-28H2,1-4H3. The summed E-state index contributed by atoms with van der Waals surface area (Å²) < 4.78 is 10.6. The summed E-state index contributed by atoms with van der Waals surface area (Å²) in [5.74, 6) is -0.639. The Morgan fingerprint density at radius 1 is 0.605 bits per heavy atom. The zero-order valence-electron chi connectivity index (χ0n) is 25.8. The molecule has 0 heterocycles. The van der Waals surface area contributed by atoms with Crippen LogP contribution in [0.5, 0.6) is 0 Å². The van der Waals surface area contributed by atoms with Crippen LogP contribution in [0.15, 0.2) is 115 Å². The van der Waals surface area contributed by atoms with Crippen molar-refractivity contribution in [3.63, 3.8) is 0 Å². The number of rotatable bonds is 15. The summed E-state index contributed by atoms with van der Waals surface area (Å²) in [5.41, 5.74) is 8.11. The molecular formula is C38H43NO4. The van der Waals surface area contributed by atoms with Gasteiger partial charge in [-0.15, -0.1) is 0 Å². The number of anilines is 3. The van der Waals surface area contributed by atoms with Gasteiger partial charge in [0.2, 0.25) is 0 Å². The van der Waals surface area contributed by atoms with E-state index < -0.39 is 0 Å². The SMILES string of the molecule is CC=CC=CC(=O)OCCCc1ccc(N(c2ccc(CCCOC(=O)C=CC=CC)cc2)c2ccc(C)c(C)c2)cc1. The van der Waals surface area contributed by atoms with Gasteiger partial charge >= 0.3 is 11.9 Å². The lowest BCUT2D eigenvalue weighted by Gasteiger charge is -2.26. The molecule has 3 rings (SSSR count). The van der Waals surface area contributed by atoms with Crippen molar-refractivity contribution in [1.29, 1.82) is 0 Å². The number of nitrogens with zero attached hydrogens (tertiary/aromatic N) is 1. The summed E-state index contributed by atoms with van der Waals surface area (Å²) >= 11 is 0. The van der Waals surface area contributed by atoms with E-state index in [1.165, 1.54) is 34.4 Å². The van der Waals surface area contributed by atoms with Crippen LogP contribution in [0.4, 0.5) is 17.1 Å². The normalized spacial score (nSPS) is 11.6. The molecule has 0 bridgehead atoms. The number of hydrogen-bond acceptors (Lipinski definition) is 5. The molecule has 0 amide bonds. The Hall–Kier alpha value is -4.64. The predicted molar refractivity (Wildman–Crippen MR) is 177 cm³/mol. The molecule has 0 spiro atoms. The maximum atomic E-state index is 11.7. The Morgan fingerprint density at radius 3 is 1.47 bits per heavy atom. The topological polar surface area (TPSA) is 55.8 Å². The zero-order valence-corrected chi connectivity index (χ0v) is 25.8. The highest BCUT2D eigenvalue weighted by atomic mass is 16.5. The van der Waals surface area contributed by atoms with Gasteiger partial charge in [-0.25, -0.2) is 9.59 Å². The molecule has 3 aromatic carbocycles. The van der Waals surface area contributed by atoms with E-state index in [-0.39, 0.29) is 11.9 Å². The van der Waals surface area contributed by atoms with Crippen molar-refractivity contribution in [3.05, 3.63) is 138 Å². The van der Waals surface area contributed by atoms with E-state index >= 15 is 0 Å². The first-order chi connectivity index (χ1) is 20.9. The fourth-order valence-electron chi connectivity index (χ4n) is 4.42. The molecule has 0 saturated carbocycles. The van der Waals surface area contributed by atoms with Gasteiger partial charge in [0.1, 0.15) is 0 Å². The van der Waals surface area contributed by atoms with Crippen molar-refractivity contribution in [1.82, 2.24) is 0 Å². The Labute approximate surface area is 256 Å². The minimum atomic E-state index is -0.319. The molecule has 5 heteroatoms. The van der Waals surface area contributed by atoms with Gasteiger partial charge in [0.25, 0.3) is 0 Å². The minimum absolute atomic E-state index is 0.319. The molecule has 0 aliphatic carbocycles. The Balaban J connectivity index is 1.65. The van der Waals surface area contributed by atoms with Crippen molar-refractivity contribution in [2.45, 2.75) is 53.4 Å². The van der Waals surface area contributed by atoms with E-state index in [1.54, 1.807) is 24.3 Å². The second kappa shape index (κ2) is 18.0. The number of benzene rings is 3. The molecule has 224 valence electrons. The molecule has 5 nitrogen and oxygen atoms in total.